The van der Waals surface area contributed by atoms with E-state index in [1.165, 1.54) is 51.5 Å². The van der Waals surface area contributed by atoms with Crippen LogP contribution in [-0.2, 0) is 9.53 Å². The van der Waals surface area contributed by atoms with Gasteiger partial charge in [0.25, 0.3) is 0 Å². The third-order valence-corrected chi connectivity index (χ3v) is 10.3. The number of Topliss-reactive ketones (excluding diaryl/α,β-unsaturated/α-hetero) is 1. The van der Waals surface area contributed by atoms with E-state index in [2.05, 4.69) is 32.7 Å². The Morgan fingerprint density at radius 2 is 1.97 bits per heavy atom. The number of ether oxygens (including phenoxy) is 1. The Bertz CT molecular complexity index is 714. The second-order valence-corrected chi connectivity index (χ2v) is 12.0. The number of likely N-dealkylation sites (tertiary alicyclic amines) is 1. The zero-order chi connectivity index (χ0) is 21.0. The van der Waals surface area contributed by atoms with E-state index in [9.17, 15) is 4.79 Å². The van der Waals surface area contributed by atoms with Crippen LogP contribution < -0.4 is 0 Å². The number of carbonyl (C=O) groups is 1. The van der Waals surface area contributed by atoms with Gasteiger partial charge < -0.3 is 9.64 Å². The number of allylic oxidation sites excluding steroid dienone is 1. The minimum absolute atomic E-state index is 0.391. The van der Waals surface area contributed by atoms with Crippen molar-refractivity contribution < 1.29 is 9.53 Å². The van der Waals surface area contributed by atoms with E-state index >= 15 is 0 Å². The molecule has 3 heteroatoms. The normalized spacial score (nSPS) is 50.3. The molecule has 0 N–H and O–H groups in total. The van der Waals surface area contributed by atoms with Crippen molar-refractivity contribution in [2.75, 3.05) is 20.2 Å². The highest BCUT2D eigenvalue weighted by atomic mass is 16.5. The molecular weight excluding hydrogens is 370 g/mol. The molecule has 8 atom stereocenters. The van der Waals surface area contributed by atoms with E-state index in [0.29, 0.717) is 29.3 Å². The van der Waals surface area contributed by atoms with Crippen LogP contribution in [0.2, 0.25) is 0 Å². The molecule has 0 bridgehead atoms. The van der Waals surface area contributed by atoms with Crippen LogP contribution in [0.25, 0.3) is 0 Å². The van der Waals surface area contributed by atoms with Crippen molar-refractivity contribution in [3.8, 4) is 0 Å². The lowest BCUT2D eigenvalue weighted by Crippen LogP contribution is -2.50. The zero-order valence-corrected chi connectivity index (χ0v) is 19.8. The number of piperidine rings is 1. The van der Waals surface area contributed by atoms with Gasteiger partial charge in [-0.15, -0.1) is 0 Å². The van der Waals surface area contributed by atoms with Gasteiger partial charge in [-0.05, 0) is 99.5 Å². The van der Waals surface area contributed by atoms with Gasteiger partial charge in [-0.2, -0.15) is 0 Å². The van der Waals surface area contributed by atoms with E-state index in [1.54, 1.807) is 11.1 Å². The Morgan fingerprint density at radius 1 is 1.13 bits per heavy atom. The topological polar surface area (TPSA) is 29.5 Å². The Labute approximate surface area is 184 Å². The van der Waals surface area contributed by atoms with Gasteiger partial charge in [0.1, 0.15) is 5.78 Å². The number of carbonyl (C=O) groups excluding carboxylic acids is 1. The highest BCUT2D eigenvalue weighted by molar-refractivity contribution is 5.79. The van der Waals surface area contributed by atoms with Crippen molar-refractivity contribution >= 4 is 5.78 Å². The maximum absolute atomic E-state index is 12.2. The van der Waals surface area contributed by atoms with Gasteiger partial charge >= 0.3 is 0 Å². The lowest BCUT2D eigenvalue weighted by Gasteiger charge is -2.52. The first-order valence-electron chi connectivity index (χ1n) is 12.9. The van der Waals surface area contributed by atoms with Gasteiger partial charge in [0.2, 0.25) is 0 Å². The second-order valence-electron chi connectivity index (χ2n) is 12.0. The van der Waals surface area contributed by atoms with E-state index in [1.807, 2.05) is 0 Å². The Morgan fingerprint density at radius 3 is 2.80 bits per heavy atom. The average molecular weight is 414 g/mol. The number of ketones is 1. The summed E-state index contributed by atoms with van der Waals surface area (Å²) >= 11 is 0. The Hall–Kier alpha value is -0.670. The summed E-state index contributed by atoms with van der Waals surface area (Å²) in [5.41, 5.74) is 3.70. The first kappa shape index (κ1) is 21.2. The maximum Gasteiger partial charge on any atom is 0.133 e. The lowest BCUT2D eigenvalue weighted by molar-refractivity contribution is -0.129. The zero-order valence-electron chi connectivity index (χ0n) is 19.8. The summed E-state index contributed by atoms with van der Waals surface area (Å²) in [4.78, 5) is 14.8. The molecule has 168 valence electrons. The molecule has 2 aliphatic heterocycles. The maximum atomic E-state index is 12.2. The molecular formula is C27H43NO2. The van der Waals surface area contributed by atoms with Crippen molar-refractivity contribution in [2.24, 2.45) is 35.0 Å². The third-order valence-electron chi connectivity index (χ3n) is 10.3. The fourth-order valence-electron chi connectivity index (χ4n) is 8.61. The molecule has 0 spiro atoms. The molecule has 0 aromatic carbocycles. The smallest absolute Gasteiger partial charge is 0.133 e. The Balaban J connectivity index is 1.40. The molecule has 4 fully saturated rings. The molecule has 5 rings (SSSR count). The van der Waals surface area contributed by atoms with Gasteiger partial charge in [0, 0.05) is 25.4 Å². The molecule has 3 aliphatic carbocycles. The molecule has 2 heterocycles. The van der Waals surface area contributed by atoms with Crippen LogP contribution >= 0.6 is 0 Å². The van der Waals surface area contributed by atoms with Gasteiger partial charge in [-0.25, -0.2) is 0 Å². The Kier molecular flexibility index (Phi) is 5.67. The minimum atomic E-state index is 0.391. The molecule has 1 saturated heterocycles. The first-order chi connectivity index (χ1) is 14.4. The molecule has 30 heavy (non-hydrogen) atoms. The summed E-state index contributed by atoms with van der Waals surface area (Å²) in [7, 11) is 2.31. The van der Waals surface area contributed by atoms with E-state index in [4.69, 9.17) is 4.74 Å². The minimum Gasteiger partial charge on any atom is -0.372 e. The molecule has 5 aliphatic rings. The van der Waals surface area contributed by atoms with Crippen LogP contribution in [0.5, 0.6) is 0 Å². The quantitative estimate of drug-likeness (QED) is 0.482. The van der Waals surface area contributed by atoms with Crippen LogP contribution in [0.3, 0.4) is 0 Å². The van der Waals surface area contributed by atoms with Gasteiger partial charge in [0.05, 0.1) is 12.7 Å². The number of hydrogen-bond acceptors (Lipinski definition) is 3. The van der Waals surface area contributed by atoms with Gasteiger partial charge in [0.15, 0.2) is 0 Å². The second kappa shape index (κ2) is 8.03. The van der Waals surface area contributed by atoms with E-state index < -0.39 is 0 Å². The first-order valence-corrected chi connectivity index (χ1v) is 12.9. The number of likely N-dealkylation sites (N-methyl/N-ethyl adjacent to an activating group) is 1. The molecule has 0 aromatic rings. The van der Waals surface area contributed by atoms with Gasteiger partial charge in [-0.1, -0.05) is 25.8 Å². The molecule has 0 aromatic heterocycles. The highest BCUT2D eigenvalue weighted by Crippen LogP contribution is 2.63. The average Bonchev–Trinajstić information content (AvgIpc) is 3.08. The summed E-state index contributed by atoms with van der Waals surface area (Å²) in [5, 5.41) is 0. The number of nitrogens with zero attached hydrogens (tertiary/aromatic N) is 1. The van der Waals surface area contributed by atoms with Crippen molar-refractivity contribution in [3.63, 3.8) is 0 Å². The van der Waals surface area contributed by atoms with Crippen molar-refractivity contribution in [1.29, 1.82) is 0 Å². The summed E-state index contributed by atoms with van der Waals surface area (Å²) in [6.45, 7) is 9.36. The molecule has 3 saturated carbocycles. The van der Waals surface area contributed by atoms with Crippen LogP contribution in [0.4, 0.5) is 0 Å². The van der Waals surface area contributed by atoms with Crippen LogP contribution in [0.15, 0.2) is 11.1 Å². The van der Waals surface area contributed by atoms with Crippen molar-refractivity contribution in [1.82, 2.24) is 4.90 Å². The SMILES string of the molecule is C/C1=C2\C[C@H]3[C@@H](CC[C@@H]4CC(=O)CC[C@@]43C)[C@@H]2CCC[C@H]2[C@@H](C[C@H](C)CN2C)OC1. The van der Waals surface area contributed by atoms with Gasteiger partial charge in [-0.3, -0.25) is 4.79 Å². The van der Waals surface area contributed by atoms with Crippen molar-refractivity contribution in [2.45, 2.75) is 97.1 Å². The highest BCUT2D eigenvalue weighted by Gasteiger charge is 2.55. The number of fused-ring (bicyclic) bond motifs is 6. The largest absolute Gasteiger partial charge is 0.372 e. The van der Waals surface area contributed by atoms with Crippen LogP contribution in [0, 0.1) is 35.0 Å². The molecule has 0 amide bonds. The fraction of sp³-hybridized carbons (Fsp3) is 0.889. The van der Waals surface area contributed by atoms with Crippen molar-refractivity contribution in [3.05, 3.63) is 11.1 Å². The predicted molar refractivity (Wildman–Crippen MR) is 121 cm³/mol. The fourth-order valence-corrected chi connectivity index (χ4v) is 8.61. The van der Waals surface area contributed by atoms with E-state index in [-0.39, 0.29) is 0 Å². The number of rotatable bonds is 0. The molecule has 3 nitrogen and oxygen atoms in total. The summed E-state index contributed by atoms with van der Waals surface area (Å²) < 4.78 is 6.64. The predicted octanol–water partition coefficient (Wildman–Crippen LogP) is 5.63. The number of hydrogen-bond donors (Lipinski definition) is 0. The third kappa shape index (κ3) is 3.52. The van der Waals surface area contributed by atoms with E-state index in [0.717, 1.165) is 49.5 Å². The molecule has 0 radical (unpaired) electrons. The monoisotopic (exact) mass is 413 g/mol. The molecule has 0 unspecified atom stereocenters. The summed E-state index contributed by atoms with van der Waals surface area (Å²) in [6, 6.07) is 0.602. The van der Waals surface area contributed by atoms with Crippen LogP contribution in [-0.4, -0.2) is 43.0 Å². The standard InChI is InChI=1S/C27H43NO2/c1-17-12-26-25(28(4)15-17)7-5-6-21-22-9-8-19-13-20(29)10-11-27(19,3)24(22)14-23(21)18(2)16-30-26/h17,19,21-22,24-26H,5-16H2,1-4H3/b23-18-/t17-,19+,21-,22-,24-,25-,26+,27-/m0/s1. The lowest BCUT2D eigenvalue weighted by atomic mass is 9.52. The summed E-state index contributed by atoms with van der Waals surface area (Å²) in [6.07, 6.45) is 12.4. The van der Waals surface area contributed by atoms with Crippen LogP contribution in [0.1, 0.15) is 85.0 Å². The summed E-state index contributed by atoms with van der Waals surface area (Å²) in [5.74, 6) is 4.33.